The van der Waals surface area contributed by atoms with Gasteiger partial charge < -0.3 is 10.7 Å². The third-order valence-electron chi connectivity index (χ3n) is 2.51. The number of nitrogens with one attached hydrogen (secondary N) is 1. The molecule has 0 aliphatic carbocycles. The third-order valence-corrected chi connectivity index (χ3v) is 2.51. The van der Waals surface area contributed by atoms with Crippen LogP contribution in [0.25, 0.3) is 11.0 Å². The minimum absolute atomic E-state index is 0.0153. The van der Waals surface area contributed by atoms with E-state index in [-0.39, 0.29) is 11.6 Å². The summed E-state index contributed by atoms with van der Waals surface area (Å²) in [4.78, 5) is 6.90. The summed E-state index contributed by atoms with van der Waals surface area (Å²) in [5.74, 6) is -1.32. The molecule has 3 N–H and O–H groups in total. The largest absolute Gasteiger partial charge is 0.341 e. The first-order valence-corrected chi connectivity index (χ1v) is 5.22. The Morgan fingerprint density at radius 1 is 1.44 bits per heavy atom. The summed E-state index contributed by atoms with van der Waals surface area (Å²) in [7, 11) is 0. The Hall–Kier alpha value is -1.49. The van der Waals surface area contributed by atoms with Crippen LogP contribution in [0.15, 0.2) is 12.1 Å². The van der Waals surface area contributed by atoms with Crippen molar-refractivity contribution < 1.29 is 8.78 Å². The summed E-state index contributed by atoms with van der Waals surface area (Å²) < 4.78 is 26.3. The Labute approximate surface area is 91.7 Å². The minimum atomic E-state index is -0.927. The van der Waals surface area contributed by atoms with Crippen molar-refractivity contribution in [3.05, 3.63) is 29.6 Å². The van der Waals surface area contributed by atoms with Gasteiger partial charge in [0.05, 0.1) is 11.6 Å². The van der Waals surface area contributed by atoms with Crippen molar-refractivity contribution >= 4 is 11.0 Å². The number of rotatable bonds is 3. The lowest BCUT2D eigenvalue weighted by atomic mass is 10.2. The maximum Gasteiger partial charge on any atom is 0.186 e. The van der Waals surface area contributed by atoms with Gasteiger partial charge in [0.15, 0.2) is 11.6 Å². The van der Waals surface area contributed by atoms with Crippen LogP contribution in [0.4, 0.5) is 8.78 Å². The van der Waals surface area contributed by atoms with Gasteiger partial charge in [-0.05, 0) is 18.6 Å². The van der Waals surface area contributed by atoms with E-state index < -0.39 is 11.6 Å². The zero-order valence-electron chi connectivity index (χ0n) is 8.93. The van der Waals surface area contributed by atoms with Crippen molar-refractivity contribution in [2.75, 3.05) is 0 Å². The van der Waals surface area contributed by atoms with Gasteiger partial charge in [-0.2, -0.15) is 0 Å². The van der Waals surface area contributed by atoms with Crippen LogP contribution < -0.4 is 5.73 Å². The highest BCUT2D eigenvalue weighted by atomic mass is 19.2. The van der Waals surface area contributed by atoms with Crippen LogP contribution in [0.5, 0.6) is 0 Å². The average molecular weight is 225 g/mol. The van der Waals surface area contributed by atoms with E-state index in [1.54, 1.807) is 0 Å². The highest BCUT2D eigenvalue weighted by Gasteiger charge is 2.15. The zero-order valence-corrected chi connectivity index (χ0v) is 8.93. The van der Waals surface area contributed by atoms with Crippen LogP contribution >= 0.6 is 0 Å². The fraction of sp³-hybridized carbons (Fsp3) is 0.364. The summed E-state index contributed by atoms with van der Waals surface area (Å²) in [6.45, 7) is 2.00. The van der Waals surface area contributed by atoms with Crippen LogP contribution in [0, 0.1) is 11.6 Å². The molecule has 1 heterocycles. The molecule has 0 saturated heterocycles. The number of aromatic nitrogens is 2. The lowest BCUT2D eigenvalue weighted by Crippen LogP contribution is -2.11. The molecule has 1 unspecified atom stereocenters. The molecule has 1 aromatic carbocycles. The van der Waals surface area contributed by atoms with Gasteiger partial charge in [0.2, 0.25) is 0 Å². The fourth-order valence-electron chi connectivity index (χ4n) is 1.66. The second-order valence-electron chi connectivity index (χ2n) is 3.77. The number of hydrogen-bond acceptors (Lipinski definition) is 2. The monoisotopic (exact) mass is 225 g/mol. The van der Waals surface area contributed by atoms with Crippen molar-refractivity contribution in [2.24, 2.45) is 5.73 Å². The molecule has 0 bridgehead atoms. The average Bonchev–Trinajstić information content (AvgIpc) is 2.69. The van der Waals surface area contributed by atoms with Gasteiger partial charge in [-0.3, -0.25) is 0 Å². The number of aromatic amines is 1. The Morgan fingerprint density at radius 3 is 2.88 bits per heavy atom. The molecule has 0 saturated carbocycles. The molecular weight excluding hydrogens is 212 g/mol. The number of hydrogen-bond donors (Lipinski definition) is 2. The number of imidazole rings is 1. The van der Waals surface area contributed by atoms with E-state index in [9.17, 15) is 8.78 Å². The smallest absolute Gasteiger partial charge is 0.186 e. The SMILES string of the molecule is CCCC(N)c1nc2c(F)c(F)ccc2[nH]1. The maximum atomic E-state index is 13.4. The van der Waals surface area contributed by atoms with Crippen LogP contribution in [-0.4, -0.2) is 9.97 Å². The number of benzene rings is 1. The van der Waals surface area contributed by atoms with Gasteiger partial charge in [-0.1, -0.05) is 13.3 Å². The standard InChI is InChI=1S/C11H13F2N3/c1-2-3-7(14)11-15-8-5-4-6(12)9(13)10(8)16-11/h4-5,7H,2-3,14H2,1H3,(H,15,16). The normalized spacial score (nSPS) is 13.2. The van der Waals surface area contributed by atoms with Crippen LogP contribution in [0.3, 0.4) is 0 Å². The Morgan fingerprint density at radius 2 is 2.19 bits per heavy atom. The molecule has 16 heavy (non-hydrogen) atoms. The lowest BCUT2D eigenvalue weighted by molar-refractivity contribution is 0.515. The van der Waals surface area contributed by atoms with E-state index in [4.69, 9.17) is 5.73 Å². The topological polar surface area (TPSA) is 54.7 Å². The molecule has 0 spiro atoms. The molecule has 86 valence electrons. The second-order valence-corrected chi connectivity index (χ2v) is 3.77. The van der Waals surface area contributed by atoms with E-state index in [0.29, 0.717) is 11.3 Å². The molecule has 0 aliphatic heterocycles. The summed E-state index contributed by atoms with van der Waals surface area (Å²) >= 11 is 0. The summed E-state index contributed by atoms with van der Waals surface area (Å²) in [6.07, 6.45) is 1.67. The predicted octanol–water partition coefficient (Wildman–Crippen LogP) is 2.64. The van der Waals surface area contributed by atoms with Gasteiger partial charge in [-0.25, -0.2) is 13.8 Å². The fourth-order valence-corrected chi connectivity index (χ4v) is 1.66. The molecule has 2 aromatic rings. The number of halogens is 2. The first-order valence-electron chi connectivity index (χ1n) is 5.22. The van der Waals surface area contributed by atoms with Gasteiger partial charge >= 0.3 is 0 Å². The zero-order chi connectivity index (χ0) is 11.7. The second kappa shape index (κ2) is 4.17. The number of H-pyrrole nitrogens is 1. The van der Waals surface area contributed by atoms with E-state index in [2.05, 4.69) is 9.97 Å². The van der Waals surface area contributed by atoms with E-state index in [0.717, 1.165) is 18.9 Å². The molecular formula is C11H13F2N3. The highest BCUT2D eigenvalue weighted by Crippen LogP contribution is 2.21. The van der Waals surface area contributed by atoms with Crippen molar-refractivity contribution in [3.63, 3.8) is 0 Å². The molecule has 3 nitrogen and oxygen atoms in total. The number of nitrogens with two attached hydrogens (primary N) is 1. The first kappa shape index (κ1) is 11.0. The van der Waals surface area contributed by atoms with Crippen LogP contribution in [0.1, 0.15) is 31.6 Å². The Balaban J connectivity index is 2.48. The third kappa shape index (κ3) is 1.78. The Bertz CT molecular complexity index is 507. The predicted molar refractivity (Wildman–Crippen MR) is 57.8 cm³/mol. The molecule has 0 amide bonds. The highest BCUT2D eigenvalue weighted by molar-refractivity contribution is 5.75. The van der Waals surface area contributed by atoms with Crippen molar-refractivity contribution in [1.82, 2.24) is 9.97 Å². The van der Waals surface area contributed by atoms with Crippen molar-refractivity contribution in [2.45, 2.75) is 25.8 Å². The van der Waals surface area contributed by atoms with E-state index in [1.165, 1.54) is 6.07 Å². The summed E-state index contributed by atoms with van der Waals surface area (Å²) in [5, 5.41) is 0. The summed E-state index contributed by atoms with van der Waals surface area (Å²) in [5.41, 5.74) is 6.34. The molecule has 2 rings (SSSR count). The number of fused-ring (bicyclic) bond motifs is 1. The van der Waals surface area contributed by atoms with Crippen molar-refractivity contribution in [1.29, 1.82) is 0 Å². The van der Waals surface area contributed by atoms with E-state index in [1.807, 2.05) is 6.92 Å². The van der Waals surface area contributed by atoms with Gasteiger partial charge in [0, 0.05) is 0 Å². The lowest BCUT2D eigenvalue weighted by Gasteiger charge is -2.04. The Kier molecular flexibility index (Phi) is 2.87. The molecule has 0 radical (unpaired) electrons. The van der Waals surface area contributed by atoms with Crippen LogP contribution in [-0.2, 0) is 0 Å². The van der Waals surface area contributed by atoms with Crippen molar-refractivity contribution in [3.8, 4) is 0 Å². The van der Waals surface area contributed by atoms with Crippen LogP contribution in [0.2, 0.25) is 0 Å². The quantitative estimate of drug-likeness (QED) is 0.843. The molecule has 0 aliphatic rings. The van der Waals surface area contributed by atoms with Gasteiger partial charge in [0.25, 0.3) is 0 Å². The van der Waals surface area contributed by atoms with Gasteiger partial charge in [0.1, 0.15) is 11.3 Å². The van der Waals surface area contributed by atoms with E-state index >= 15 is 0 Å². The summed E-state index contributed by atoms with van der Waals surface area (Å²) in [6, 6.07) is 2.27. The molecule has 5 heteroatoms. The molecule has 0 fully saturated rings. The molecule has 1 aromatic heterocycles. The van der Waals surface area contributed by atoms with Gasteiger partial charge in [-0.15, -0.1) is 0 Å². The molecule has 1 atom stereocenters. The first-order chi connectivity index (χ1) is 7.63. The maximum absolute atomic E-state index is 13.4. The number of nitrogens with zero attached hydrogens (tertiary/aromatic N) is 1. The minimum Gasteiger partial charge on any atom is -0.341 e.